The summed E-state index contributed by atoms with van der Waals surface area (Å²) in [6, 6.07) is 12.8. The molecule has 3 aromatic rings. The number of halogens is 2. The highest BCUT2D eigenvalue weighted by molar-refractivity contribution is 9.10. The van der Waals surface area contributed by atoms with Gasteiger partial charge in [0.15, 0.2) is 0 Å². The van der Waals surface area contributed by atoms with Gasteiger partial charge in [0.05, 0.1) is 22.5 Å². The second-order valence-corrected chi connectivity index (χ2v) is 6.81. The predicted molar refractivity (Wildman–Crippen MR) is 109 cm³/mol. The van der Waals surface area contributed by atoms with Crippen molar-refractivity contribution in [3.63, 3.8) is 0 Å². The van der Waals surface area contributed by atoms with Crippen LogP contribution in [0.15, 0.2) is 67.7 Å². The van der Waals surface area contributed by atoms with Crippen molar-refractivity contribution in [1.82, 2.24) is 15.0 Å². The molecule has 1 aromatic heterocycles. The van der Waals surface area contributed by atoms with Gasteiger partial charge in [-0.2, -0.15) is 5.10 Å². The summed E-state index contributed by atoms with van der Waals surface area (Å²) in [5, 5.41) is 14.3. The fraction of sp³-hybridized carbons (Fsp3) is 0. The molecule has 0 fully saturated rings. The molecule has 0 spiro atoms. The van der Waals surface area contributed by atoms with Crippen molar-refractivity contribution >= 4 is 39.7 Å². The lowest BCUT2D eigenvalue weighted by atomic mass is 10.2. The number of carbonyl (C=O) groups excluding carboxylic acids is 1. The quantitative estimate of drug-likeness (QED) is 0.407. The summed E-state index contributed by atoms with van der Waals surface area (Å²) in [4.78, 5) is 38.3. The van der Waals surface area contributed by atoms with Crippen LogP contribution in [0.25, 0.3) is 5.69 Å². The van der Waals surface area contributed by atoms with E-state index in [9.17, 15) is 19.5 Å². The van der Waals surface area contributed by atoms with Crippen molar-refractivity contribution in [2.75, 3.05) is 0 Å². The number of nitrogens with zero attached hydrogens (tertiary/aromatic N) is 2. The van der Waals surface area contributed by atoms with E-state index in [4.69, 9.17) is 11.6 Å². The number of nitrogens with one attached hydrogen (secondary N) is 2. The molecule has 0 unspecified atom stereocenters. The SMILES string of the molecule is O=C(N/N=C\c1c(O)n(-c2ccc(Br)cc2)c(=O)[nH]c1=O)c1ccccc1Cl. The van der Waals surface area contributed by atoms with Crippen LogP contribution in [0.2, 0.25) is 5.02 Å². The first kappa shape index (κ1) is 19.6. The molecule has 1 heterocycles. The third-order valence-corrected chi connectivity index (χ3v) is 4.54. The van der Waals surface area contributed by atoms with Crippen LogP contribution in [-0.4, -0.2) is 26.8 Å². The third kappa shape index (κ3) is 4.05. The number of hydrogen-bond acceptors (Lipinski definition) is 5. The van der Waals surface area contributed by atoms with Crippen LogP contribution >= 0.6 is 27.5 Å². The number of aromatic nitrogens is 2. The van der Waals surface area contributed by atoms with Gasteiger partial charge in [-0.1, -0.05) is 39.7 Å². The summed E-state index contributed by atoms with van der Waals surface area (Å²) < 4.78 is 1.68. The summed E-state index contributed by atoms with van der Waals surface area (Å²) in [6.45, 7) is 0. The van der Waals surface area contributed by atoms with Crippen LogP contribution in [-0.2, 0) is 0 Å². The highest BCUT2D eigenvalue weighted by Gasteiger charge is 2.14. The van der Waals surface area contributed by atoms with E-state index in [2.05, 4.69) is 31.4 Å². The summed E-state index contributed by atoms with van der Waals surface area (Å²) >= 11 is 9.21. The van der Waals surface area contributed by atoms with Crippen molar-refractivity contribution in [2.45, 2.75) is 0 Å². The number of hydrogen-bond donors (Lipinski definition) is 3. The molecule has 0 radical (unpaired) electrons. The van der Waals surface area contributed by atoms with E-state index in [1.165, 1.54) is 6.07 Å². The molecule has 142 valence electrons. The zero-order valence-electron chi connectivity index (χ0n) is 14.0. The monoisotopic (exact) mass is 462 g/mol. The molecule has 28 heavy (non-hydrogen) atoms. The highest BCUT2D eigenvalue weighted by atomic mass is 79.9. The second kappa shape index (κ2) is 8.24. The Kier molecular flexibility index (Phi) is 5.76. The number of benzene rings is 2. The number of hydrazone groups is 1. The van der Waals surface area contributed by atoms with Crippen LogP contribution in [0.5, 0.6) is 5.88 Å². The van der Waals surface area contributed by atoms with E-state index in [0.29, 0.717) is 5.69 Å². The van der Waals surface area contributed by atoms with Crippen LogP contribution in [0.1, 0.15) is 15.9 Å². The maximum Gasteiger partial charge on any atom is 0.335 e. The minimum Gasteiger partial charge on any atom is -0.493 e. The Balaban J connectivity index is 1.93. The highest BCUT2D eigenvalue weighted by Crippen LogP contribution is 2.18. The molecular weight excluding hydrogens is 452 g/mol. The van der Waals surface area contributed by atoms with Gasteiger partial charge in [0.2, 0.25) is 5.88 Å². The molecule has 3 rings (SSSR count). The minimum atomic E-state index is -0.855. The Bertz CT molecular complexity index is 1190. The van der Waals surface area contributed by atoms with Gasteiger partial charge >= 0.3 is 5.69 Å². The Morgan fingerprint density at radius 2 is 1.86 bits per heavy atom. The van der Waals surface area contributed by atoms with Crippen LogP contribution in [0.4, 0.5) is 0 Å². The summed E-state index contributed by atoms with van der Waals surface area (Å²) in [5.41, 5.74) is 0.760. The van der Waals surface area contributed by atoms with Gasteiger partial charge in [-0.25, -0.2) is 14.8 Å². The maximum absolute atomic E-state index is 12.1. The molecule has 0 atom stereocenters. The fourth-order valence-electron chi connectivity index (χ4n) is 2.35. The smallest absolute Gasteiger partial charge is 0.335 e. The number of aromatic hydroxyl groups is 1. The standard InChI is InChI=1S/C18H12BrClN4O4/c19-10-5-7-11(8-6-10)24-17(27)13(15(25)22-18(24)28)9-21-23-16(26)12-3-1-2-4-14(12)20/h1-9,27H,(H,23,26)(H,22,25,28)/b21-9-. The Hall–Kier alpha value is -3.17. The number of aromatic amines is 1. The molecular formula is C18H12BrClN4O4. The summed E-state index contributed by atoms with van der Waals surface area (Å²) in [5.74, 6) is -1.22. The average Bonchev–Trinajstić information content (AvgIpc) is 2.66. The molecule has 0 aliphatic carbocycles. The van der Waals surface area contributed by atoms with Crippen molar-refractivity contribution in [3.05, 3.63) is 90.0 Å². The molecule has 2 aromatic carbocycles. The van der Waals surface area contributed by atoms with Gasteiger partial charge in [-0.05, 0) is 36.4 Å². The van der Waals surface area contributed by atoms with E-state index >= 15 is 0 Å². The van der Waals surface area contributed by atoms with E-state index in [0.717, 1.165) is 15.3 Å². The molecule has 0 saturated carbocycles. The van der Waals surface area contributed by atoms with Gasteiger partial charge < -0.3 is 5.11 Å². The van der Waals surface area contributed by atoms with Gasteiger partial charge in [-0.15, -0.1) is 0 Å². The first-order chi connectivity index (χ1) is 13.4. The normalized spacial score (nSPS) is 10.9. The van der Waals surface area contributed by atoms with E-state index in [-0.39, 0.29) is 16.1 Å². The van der Waals surface area contributed by atoms with Gasteiger partial charge in [0, 0.05) is 4.47 Å². The first-order valence-corrected chi connectivity index (χ1v) is 8.97. The summed E-state index contributed by atoms with van der Waals surface area (Å²) in [7, 11) is 0. The van der Waals surface area contributed by atoms with Crippen molar-refractivity contribution < 1.29 is 9.90 Å². The topological polar surface area (TPSA) is 117 Å². The van der Waals surface area contributed by atoms with Crippen molar-refractivity contribution in [2.24, 2.45) is 5.10 Å². The van der Waals surface area contributed by atoms with E-state index in [1.807, 2.05) is 0 Å². The van der Waals surface area contributed by atoms with Gasteiger partial charge in [-0.3, -0.25) is 14.6 Å². The lowest BCUT2D eigenvalue weighted by Gasteiger charge is -2.09. The fourth-order valence-corrected chi connectivity index (χ4v) is 2.83. The molecule has 0 aliphatic rings. The van der Waals surface area contributed by atoms with Crippen LogP contribution < -0.4 is 16.7 Å². The largest absolute Gasteiger partial charge is 0.493 e. The lowest BCUT2D eigenvalue weighted by Crippen LogP contribution is -2.31. The molecule has 3 N–H and O–H groups in total. The second-order valence-electron chi connectivity index (χ2n) is 5.49. The number of carbonyl (C=O) groups is 1. The third-order valence-electron chi connectivity index (χ3n) is 3.68. The number of rotatable bonds is 4. The van der Waals surface area contributed by atoms with Crippen molar-refractivity contribution in [3.8, 4) is 11.6 Å². The molecule has 0 saturated heterocycles. The van der Waals surface area contributed by atoms with Gasteiger partial charge in [0.25, 0.3) is 11.5 Å². The van der Waals surface area contributed by atoms with E-state index < -0.39 is 23.0 Å². The van der Waals surface area contributed by atoms with Crippen LogP contribution in [0, 0.1) is 0 Å². The first-order valence-electron chi connectivity index (χ1n) is 7.80. The number of amides is 1. The van der Waals surface area contributed by atoms with Crippen molar-refractivity contribution in [1.29, 1.82) is 0 Å². The lowest BCUT2D eigenvalue weighted by molar-refractivity contribution is 0.0955. The van der Waals surface area contributed by atoms with E-state index in [1.54, 1.807) is 42.5 Å². The number of H-pyrrole nitrogens is 1. The molecule has 8 nitrogen and oxygen atoms in total. The zero-order chi connectivity index (χ0) is 20.3. The molecule has 10 heteroatoms. The predicted octanol–water partition coefficient (Wildman–Crippen LogP) is 2.41. The Morgan fingerprint density at radius 1 is 1.18 bits per heavy atom. The minimum absolute atomic E-state index is 0.194. The van der Waals surface area contributed by atoms with Crippen LogP contribution in [0.3, 0.4) is 0 Å². The molecule has 1 amide bonds. The maximum atomic E-state index is 12.1. The molecule has 0 aliphatic heterocycles. The molecule has 0 bridgehead atoms. The van der Waals surface area contributed by atoms with Gasteiger partial charge in [0.1, 0.15) is 5.56 Å². The Morgan fingerprint density at radius 3 is 2.54 bits per heavy atom. The summed E-state index contributed by atoms with van der Waals surface area (Å²) in [6.07, 6.45) is 0.942. The Labute approximate surface area is 171 Å². The zero-order valence-corrected chi connectivity index (χ0v) is 16.4. The average molecular weight is 464 g/mol.